The number of benzene rings is 2. The van der Waals surface area contributed by atoms with Gasteiger partial charge in [-0.05, 0) is 30.2 Å². The van der Waals surface area contributed by atoms with Crippen molar-refractivity contribution in [1.82, 2.24) is 19.6 Å². The molecule has 0 unspecified atom stereocenters. The molecule has 2 N–H and O–H groups in total. The normalized spacial score (nSPS) is 11.0. The Bertz CT molecular complexity index is 1130. The maximum Gasteiger partial charge on any atom is 0.277 e. The third-order valence-electron chi connectivity index (χ3n) is 4.39. The first-order chi connectivity index (χ1) is 13.1. The highest BCUT2D eigenvalue weighted by Gasteiger charge is 2.13. The Hall–Kier alpha value is -3.48. The summed E-state index contributed by atoms with van der Waals surface area (Å²) in [6, 6.07) is 16.0. The van der Waals surface area contributed by atoms with Crippen LogP contribution < -0.4 is 10.9 Å². The largest absolute Gasteiger partial charge is 0.351 e. The standard InChI is InChI=1S/C20H18FN5O/c1-13-17(11-14-5-3-2-4-6-14)18(27)26-20(23-13)24-19(25-26)22-12-15-7-9-16(21)10-8-15/h2-10H,11-12H2,1H3,(H2,22,23,24,25). The first-order valence-electron chi connectivity index (χ1n) is 8.60. The molecule has 2 aromatic carbocycles. The van der Waals surface area contributed by atoms with Crippen LogP contribution in [0.5, 0.6) is 0 Å². The molecule has 0 saturated carbocycles. The molecular weight excluding hydrogens is 345 g/mol. The summed E-state index contributed by atoms with van der Waals surface area (Å²) in [4.78, 5) is 21.6. The van der Waals surface area contributed by atoms with Crippen molar-refractivity contribution < 1.29 is 4.39 Å². The highest BCUT2D eigenvalue weighted by atomic mass is 19.1. The number of halogens is 1. The SMILES string of the molecule is Cc1nc2nc(NCc3ccc(F)cc3)[nH]n2c(=O)c1Cc1ccccc1. The maximum atomic E-state index is 13.0. The van der Waals surface area contributed by atoms with Crippen LogP contribution in [0.4, 0.5) is 10.3 Å². The zero-order valence-corrected chi connectivity index (χ0v) is 14.7. The van der Waals surface area contributed by atoms with Gasteiger partial charge in [-0.3, -0.25) is 9.89 Å². The summed E-state index contributed by atoms with van der Waals surface area (Å²) in [6.45, 7) is 2.27. The molecule has 0 bridgehead atoms. The lowest BCUT2D eigenvalue weighted by atomic mass is 10.1. The Morgan fingerprint density at radius 2 is 1.78 bits per heavy atom. The number of rotatable bonds is 5. The van der Waals surface area contributed by atoms with E-state index in [1.54, 1.807) is 12.1 Å². The third-order valence-corrected chi connectivity index (χ3v) is 4.39. The summed E-state index contributed by atoms with van der Waals surface area (Å²) in [7, 11) is 0. The van der Waals surface area contributed by atoms with Gasteiger partial charge in [-0.25, -0.2) is 9.37 Å². The fraction of sp³-hybridized carbons (Fsp3) is 0.150. The Labute approximate surface area is 154 Å². The molecule has 0 saturated heterocycles. The van der Waals surface area contributed by atoms with Crippen LogP contribution in [0.15, 0.2) is 59.4 Å². The number of hydrogen-bond acceptors (Lipinski definition) is 4. The lowest BCUT2D eigenvalue weighted by Crippen LogP contribution is -2.22. The molecule has 0 aliphatic heterocycles. The van der Waals surface area contributed by atoms with Gasteiger partial charge in [0, 0.05) is 18.5 Å². The molecule has 7 heteroatoms. The second-order valence-corrected chi connectivity index (χ2v) is 6.33. The Kier molecular flexibility index (Phi) is 4.42. The molecule has 0 fully saturated rings. The topological polar surface area (TPSA) is 75.1 Å². The number of nitrogens with zero attached hydrogens (tertiary/aromatic N) is 3. The highest BCUT2D eigenvalue weighted by molar-refractivity contribution is 5.40. The molecule has 2 aromatic heterocycles. The molecule has 0 atom stereocenters. The van der Waals surface area contributed by atoms with Gasteiger partial charge in [0.2, 0.25) is 5.95 Å². The lowest BCUT2D eigenvalue weighted by molar-refractivity contribution is 0.627. The minimum absolute atomic E-state index is 0.163. The zero-order chi connectivity index (χ0) is 18.8. The smallest absolute Gasteiger partial charge is 0.277 e. The summed E-state index contributed by atoms with van der Waals surface area (Å²) in [6.07, 6.45) is 0.513. The summed E-state index contributed by atoms with van der Waals surface area (Å²) in [5, 5.41) is 6.04. The highest BCUT2D eigenvalue weighted by Crippen LogP contribution is 2.11. The summed E-state index contributed by atoms with van der Waals surface area (Å²) >= 11 is 0. The van der Waals surface area contributed by atoms with Crippen LogP contribution in [0.1, 0.15) is 22.4 Å². The van der Waals surface area contributed by atoms with Crippen molar-refractivity contribution in [3.05, 3.63) is 93.2 Å². The van der Waals surface area contributed by atoms with Crippen molar-refractivity contribution in [3.8, 4) is 0 Å². The molecule has 2 heterocycles. The van der Waals surface area contributed by atoms with Crippen molar-refractivity contribution in [2.75, 3.05) is 5.32 Å². The molecule has 0 aliphatic rings. The van der Waals surface area contributed by atoms with E-state index < -0.39 is 0 Å². The van der Waals surface area contributed by atoms with Crippen LogP contribution in [-0.4, -0.2) is 19.6 Å². The average molecular weight is 363 g/mol. The summed E-state index contributed by atoms with van der Waals surface area (Å²) in [5.41, 5.74) is 3.09. The number of fused-ring (bicyclic) bond motifs is 1. The van der Waals surface area contributed by atoms with Gasteiger partial charge >= 0.3 is 0 Å². The van der Waals surface area contributed by atoms with Gasteiger partial charge in [0.15, 0.2) is 0 Å². The van der Waals surface area contributed by atoms with Crippen LogP contribution in [-0.2, 0) is 13.0 Å². The molecule has 6 nitrogen and oxygen atoms in total. The minimum atomic E-state index is -0.278. The van der Waals surface area contributed by atoms with Gasteiger partial charge in [-0.1, -0.05) is 42.5 Å². The average Bonchev–Trinajstić information content (AvgIpc) is 3.08. The van der Waals surface area contributed by atoms with Crippen LogP contribution in [0.25, 0.3) is 5.78 Å². The molecule has 27 heavy (non-hydrogen) atoms. The Balaban J connectivity index is 1.61. The zero-order valence-electron chi connectivity index (χ0n) is 14.7. The Morgan fingerprint density at radius 3 is 2.52 bits per heavy atom. The van der Waals surface area contributed by atoms with Crippen molar-refractivity contribution in [3.63, 3.8) is 0 Å². The number of hydrogen-bond donors (Lipinski definition) is 2. The monoisotopic (exact) mass is 363 g/mol. The van der Waals surface area contributed by atoms with E-state index in [0.717, 1.165) is 11.1 Å². The van der Waals surface area contributed by atoms with Crippen LogP contribution in [0, 0.1) is 12.7 Å². The van der Waals surface area contributed by atoms with Gasteiger partial charge in [-0.2, -0.15) is 9.50 Å². The number of aromatic nitrogens is 4. The van der Waals surface area contributed by atoms with Gasteiger partial charge in [0.05, 0.1) is 5.69 Å². The predicted molar refractivity (Wildman–Crippen MR) is 101 cm³/mol. The number of aromatic amines is 1. The second kappa shape index (κ2) is 7.03. The van der Waals surface area contributed by atoms with Gasteiger partial charge in [-0.15, -0.1) is 0 Å². The summed E-state index contributed by atoms with van der Waals surface area (Å²) in [5.74, 6) is 0.468. The first-order valence-corrected chi connectivity index (χ1v) is 8.60. The number of anilines is 1. The molecule has 4 aromatic rings. The van der Waals surface area contributed by atoms with Crippen molar-refractivity contribution >= 4 is 11.7 Å². The molecule has 4 rings (SSSR count). The van der Waals surface area contributed by atoms with E-state index in [2.05, 4.69) is 20.4 Å². The lowest BCUT2D eigenvalue weighted by Gasteiger charge is -2.04. The third kappa shape index (κ3) is 3.57. The van der Waals surface area contributed by atoms with E-state index in [9.17, 15) is 9.18 Å². The van der Waals surface area contributed by atoms with E-state index >= 15 is 0 Å². The molecule has 0 amide bonds. The van der Waals surface area contributed by atoms with E-state index in [4.69, 9.17) is 0 Å². The quantitative estimate of drug-likeness (QED) is 0.571. The van der Waals surface area contributed by atoms with Crippen LogP contribution in [0.3, 0.4) is 0 Å². The molecular formula is C20H18FN5O. The molecule has 0 aliphatic carbocycles. The van der Waals surface area contributed by atoms with E-state index in [1.807, 2.05) is 37.3 Å². The van der Waals surface area contributed by atoms with Gasteiger partial charge in [0.1, 0.15) is 5.82 Å². The summed E-state index contributed by atoms with van der Waals surface area (Å²) < 4.78 is 14.3. The fourth-order valence-electron chi connectivity index (χ4n) is 2.93. The Morgan fingerprint density at radius 1 is 1.04 bits per heavy atom. The fourth-order valence-corrected chi connectivity index (χ4v) is 2.93. The molecule has 0 spiro atoms. The number of nitrogens with one attached hydrogen (secondary N) is 2. The van der Waals surface area contributed by atoms with E-state index in [1.165, 1.54) is 16.6 Å². The molecule has 0 radical (unpaired) electrons. The predicted octanol–water partition coefficient (Wildman–Crippen LogP) is 3.07. The van der Waals surface area contributed by atoms with Crippen LogP contribution in [0.2, 0.25) is 0 Å². The van der Waals surface area contributed by atoms with Crippen molar-refractivity contribution in [2.24, 2.45) is 0 Å². The maximum absolute atomic E-state index is 13.0. The van der Waals surface area contributed by atoms with E-state index in [-0.39, 0.29) is 11.4 Å². The van der Waals surface area contributed by atoms with E-state index in [0.29, 0.717) is 35.9 Å². The number of aryl methyl sites for hydroxylation is 1. The van der Waals surface area contributed by atoms with Crippen molar-refractivity contribution in [2.45, 2.75) is 19.9 Å². The molecule has 136 valence electrons. The van der Waals surface area contributed by atoms with Gasteiger partial charge < -0.3 is 5.32 Å². The number of H-pyrrole nitrogens is 1. The van der Waals surface area contributed by atoms with Crippen molar-refractivity contribution in [1.29, 1.82) is 0 Å². The second-order valence-electron chi connectivity index (χ2n) is 6.33. The first kappa shape index (κ1) is 17.0. The van der Waals surface area contributed by atoms with Crippen LogP contribution >= 0.6 is 0 Å². The van der Waals surface area contributed by atoms with Gasteiger partial charge in [0.25, 0.3) is 11.3 Å². The minimum Gasteiger partial charge on any atom is -0.351 e.